The van der Waals surface area contributed by atoms with Crippen LogP contribution in [0.4, 0.5) is 0 Å². The second-order valence-corrected chi connectivity index (χ2v) is 7.13. The minimum Gasteiger partial charge on any atom is -0.507 e. The van der Waals surface area contributed by atoms with Crippen molar-refractivity contribution < 1.29 is 24.2 Å². The maximum absolute atomic E-state index is 12.9. The summed E-state index contributed by atoms with van der Waals surface area (Å²) in [6.07, 6.45) is 1.45. The number of ether oxygens (including phenoxy) is 2. The number of nitrogens with zero attached hydrogens (tertiary/aromatic N) is 1. The van der Waals surface area contributed by atoms with E-state index in [0.29, 0.717) is 37.5 Å². The number of benzene rings is 2. The van der Waals surface area contributed by atoms with E-state index < -0.39 is 17.7 Å². The summed E-state index contributed by atoms with van der Waals surface area (Å²) in [7, 11) is 1.59. The second kappa shape index (κ2) is 10.1. The van der Waals surface area contributed by atoms with Crippen LogP contribution in [0.15, 0.2) is 60.2 Å². The third-order valence-corrected chi connectivity index (χ3v) is 4.98. The van der Waals surface area contributed by atoms with Gasteiger partial charge < -0.3 is 19.5 Å². The van der Waals surface area contributed by atoms with Gasteiger partial charge in [-0.25, -0.2) is 0 Å². The predicted octanol–water partition coefficient (Wildman–Crippen LogP) is 3.93. The summed E-state index contributed by atoms with van der Waals surface area (Å²) in [5.74, 6) is -0.809. The zero-order valence-electron chi connectivity index (χ0n) is 17.3. The van der Waals surface area contributed by atoms with E-state index in [4.69, 9.17) is 9.47 Å². The Balaban J connectivity index is 2.08. The number of carbonyl (C=O) groups excluding carboxylic acids is 2. The number of aliphatic hydroxyl groups excluding tert-OH is 1. The summed E-state index contributed by atoms with van der Waals surface area (Å²) >= 11 is 0. The number of carbonyl (C=O) groups is 2. The first kappa shape index (κ1) is 21.6. The molecule has 1 heterocycles. The summed E-state index contributed by atoms with van der Waals surface area (Å²) in [4.78, 5) is 27.3. The minimum atomic E-state index is -0.688. The lowest BCUT2D eigenvalue weighted by atomic mass is 9.95. The summed E-state index contributed by atoms with van der Waals surface area (Å²) in [6.45, 7) is 3.40. The first-order chi connectivity index (χ1) is 14.6. The van der Waals surface area contributed by atoms with E-state index in [2.05, 4.69) is 0 Å². The molecule has 30 heavy (non-hydrogen) atoms. The molecule has 1 N–H and O–H groups in total. The number of Topliss-reactive ketones (excluding diaryl/α,β-unsaturated/α-hetero) is 1. The third-order valence-electron chi connectivity index (χ3n) is 4.98. The van der Waals surface area contributed by atoms with Crippen LogP contribution in [0.3, 0.4) is 0 Å². The summed E-state index contributed by atoms with van der Waals surface area (Å²) in [5, 5.41) is 11.0. The normalized spacial score (nSPS) is 18.1. The largest absolute Gasteiger partial charge is 0.507 e. The number of aliphatic hydroxyl groups is 1. The Morgan fingerprint density at radius 1 is 1.07 bits per heavy atom. The van der Waals surface area contributed by atoms with Crippen molar-refractivity contribution in [2.45, 2.75) is 25.8 Å². The Kier molecular flexibility index (Phi) is 7.25. The Labute approximate surface area is 176 Å². The van der Waals surface area contributed by atoms with E-state index in [9.17, 15) is 14.7 Å². The number of likely N-dealkylation sites (tertiary alicyclic amines) is 1. The van der Waals surface area contributed by atoms with Crippen molar-refractivity contribution in [3.63, 3.8) is 0 Å². The van der Waals surface area contributed by atoms with Crippen molar-refractivity contribution in [2.75, 3.05) is 26.9 Å². The van der Waals surface area contributed by atoms with Gasteiger partial charge in [-0.15, -0.1) is 0 Å². The highest BCUT2D eigenvalue weighted by molar-refractivity contribution is 6.46. The van der Waals surface area contributed by atoms with Crippen LogP contribution in [0.1, 0.15) is 36.9 Å². The van der Waals surface area contributed by atoms with Gasteiger partial charge >= 0.3 is 0 Å². The van der Waals surface area contributed by atoms with Crippen molar-refractivity contribution in [2.24, 2.45) is 0 Å². The van der Waals surface area contributed by atoms with Crippen LogP contribution < -0.4 is 4.74 Å². The van der Waals surface area contributed by atoms with Crippen LogP contribution in [0.5, 0.6) is 5.75 Å². The van der Waals surface area contributed by atoms with E-state index in [1.54, 1.807) is 31.4 Å². The molecule has 1 aliphatic rings. The van der Waals surface area contributed by atoms with Gasteiger partial charge in [-0.05, 0) is 30.5 Å². The Hall–Kier alpha value is -3.12. The van der Waals surface area contributed by atoms with Gasteiger partial charge in [-0.1, -0.05) is 49.4 Å². The summed E-state index contributed by atoms with van der Waals surface area (Å²) < 4.78 is 10.8. The number of amides is 1. The van der Waals surface area contributed by atoms with Gasteiger partial charge in [0.1, 0.15) is 11.5 Å². The Morgan fingerprint density at radius 3 is 2.53 bits per heavy atom. The SMILES string of the molecule is CCCOc1cccc(C2/C(=C(\O)c3ccccc3)C(=O)C(=O)N2CCCOC)c1. The number of ketones is 1. The average molecular weight is 409 g/mol. The molecule has 0 radical (unpaired) electrons. The number of rotatable bonds is 9. The van der Waals surface area contributed by atoms with Gasteiger partial charge in [-0.3, -0.25) is 9.59 Å². The quantitative estimate of drug-likeness (QED) is 0.294. The fraction of sp³-hybridized carbons (Fsp3) is 0.333. The topological polar surface area (TPSA) is 76.1 Å². The molecule has 0 saturated carbocycles. The molecule has 0 aromatic heterocycles. The van der Waals surface area contributed by atoms with Crippen LogP contribution >= 0.6 is 0 Å². The highest BCUT2D eigenvalue weighted by Crippen LogP contribution is 2.40. The van der Waals surface area contributed by atoms with Gasteiger partial charge in [0.25, 0.3) is 11.7 Å². The lowest BCUT2D eigenvalue weighted by Crippen LogP contribution is -2.31. The predicted molar refractivity (Wildman–Crippen MR) is 114 cm³/mol. The van der Waals surface area contributed by atoms with Gasteiger partial charge in [0.15, 0.2) is 0 Å². The highest BCUT2D eigenvalue weighted by atomic mass is 16.5. The molecule has 1 saturated heterocycles. The van der Waals surface area contributed by atoms with Crippen LogP contribution in [0.2, 0.25) is 0 Å². The molecule has 1 aliphatic heterocycles. The monoisotopic (exact) mass is 409 g/mol. The molecule has 1 atom stereocenters. The van der Waals surface area contributed by atoms with Gasteiger partial charge in [0, 0.05) is 25.8 Å². The zero-order valence-corrected chi connectivity index (χ0v) is 17.3. The number of methoxy groups -OCH3 is 1. The first-order valence-electron chi connectivity index (χ1n) is 10.1. The fourth-order valence-electron chi connectivity index (χ4n) is 3.58. The molecule has 0 aliphatic carbocycles. The molecular formula is C24H27NO5. The van der Waals surface area contributed by atoms with Crippen molar-refractivity contribution >= 4 is 17.4 Å². The summed E-state index contributed by atoms with van der Waals surface area (Å²) in [6, 6.07) is 15.5. The lowest BCUT2D eigenvalue weighted by molar-refractivity contribution is -0.140. The van der Waals surface area contributed by atoms with Crippen LogP contribution in [-0.2, 0) is 14.3 Å². The molecule has 3 rings (SSSR count). The molecule has 1 fully saturated rings. The molecule has 2 aromatic carbocycles. The van der Waals surface area contributed by atoms with Crippen molar-refractivity contribution in [1.82, 2.24) is 4.90 Å². The van der Waals surface area contributed by atoms with E-state index in [1.165, 1.54) is 4.90 Å². The highest BCUT2D eigenvalue weighted by Gasteiger charge is 2.45. The van der Waals surface area contributed by atoms with Crippen molar-refractivity contribution in [3.8, 4) is 5.75 Å². The van der Waals surface area contributed by atoms with Crippen molar-refractivity contribution in [1.29, 1.82) is 0 Å². The van der Waals surface area contributed by atoms with E-state index in [1.807, 2.05) is 37.3 Å². The van der Waals surface area contributed by atoms with Crippen molar-refractivity contribution in [3.05, 3.63) is 71.3 Å². The number of hydrogen-bond acceptors (Lipinski definition) is 5. The van der Waals surface area contributed by atoms with Gasteiger partial charge in [-0.2, -0.15) is 0 Å². The van der Waals surface area contributed by atoms with Gasteiger partial charge in [0.2, 0.25) is 0 Å². The molecule has 1 unspecified atom stereocenters. The lowest BCUT2D eigenvalue weighted by Gasteiger charge is -2.25. The molecule has 0 bridgehead atoms. The van der Waals surface area contributed by atoms with Crippen LogP contribution in [0, 0.1) is 0 Å². The smallest absolute Gasteiger partial charge is 0.295 e. The minimum absolute atomic E-state index is 0.0938. The molecule has 6 nitrogen and oxygen atoms in total. The second-order valence-electron chi connectivity index (χ2n) is 7.13. The maximum Gasteiger partial charge on any atom is 0.295 e. The maximum atomic E-state index is 12.9. The Morgan fingerprint density at radius 2 is 1.83 bits per heavy atom. The standard InChI is InChI=1S/C24H27NO5/c1-3-14-30-19-12-7-11-18(16-19)21-20(22(26)17-9-5-4-6-10-17)23(27)24(28)25(21)13-8-15-29-2/h4-7,9-12,16,21,26H,3,8,13-15H2,1-2H3/b22-20+. The fourth-order valence-corrected chi connectivity index (χ4v) is 3.58. The average Bonchev–Trinajstić information content (AvgIpc) is 3.03. The molecule has 2 aromatic rings. The summed E-state index contributed by atoms with van der Waals surface area (Å²) in [5.41, 5.74) is 1.31. The number of hydrogen-bond donors (Lipinski definition) is 1. The molecule has 158 valence electrons. The molecule has 1 amide bonds. The molecule has 0 spiro atoms. The molecule has 6 heteroatoms. The first-order valence-corrected chi connectivity index (χ1v) is 10.1. The van der Waals surface area contributed by atoms with Gasteiger partial charge in [0.05, 0.1) is 18.2 Å². The van der Waals surface area contributed by atoms with E-state index in [-0.39, 0.29) is 11.3 Å². The zero-order chi connectivity index (χ0) is 21.5. The Bertz CT molecular complexity index is 922. The van der Waals surface area contributed by atoms with Crippen LogP contribution in [-0.4, -0.2) is 48.6 Å². The third kappa shape index (κ3) is 4.54. The molecular weight excluding hydrogens is 382 g/mol. The van der Waals surface area contributed by atoms with Crippen LogP contribution in [0.25, 0.3) is 5.76 Å². The van der Waals surface area contributed by atoms with E-state index in [0.717, 1.165) is 12.0 Å². The van der Waals surface area contributed by atoms with E-state index >= 15 is 0 Å².